The SMILES string of the molecule is C=C(C1=NNCC1)c1cc(F)cc(F)c1N1CCC2(CC1)Cc1ccccc1[C@H]2N. The zero-order valence-electron chi connectivity index (χ0n) is 16.9. The Balaban J connectivity index is 1.43. The zero-order chi connectivity index (χ0) is 20.9. The maximum Gasteiger partial charge on any atom is 0.150 e. The van der Waals surface area contributed by atoms with E-state index in [2.05, 4.69) is 35.3 Å². The minimum absolute atomic E-state index is 0.00210. The molecule has 1 aliphatic carbocycles. The van der Waals surface area contributed by atoms with Crippen LogP contribution >= 0.6 is 0 Å². The number of piperidine rings is 1. The third-order valence-electron chi connectivity index (χ3n) is 7.06. The molecular weight excluding hydrogens is 382 g/mol. The fourth-order valence-corrected chi connectivity index (χ4v) is 5.35. The first kappa shape index (κ1) is 19.2. The van der Waals surface area contributed by atoms with Crippen molar-refractivity contribution in [2.24, 2.45) is 16.3 Å². The number of nitrogens with one attached hydrogen (secondary N) is 1. The summed E-state index contributed by atoms with van der Waals surface area (Å²) in [4.78, 5) is 2.03. The highest BCUT2D eigenvalue weighted by Gasteiger charge is 2.46. The molecule has 0 saturated carbocycles. The summed E-state index contributed by atoms with van der Waals surface area (Å²) >= 11 is 0. The van der Waals surface area contributed by atoms with E-state index in [1.165, 1.54) is 17.2 Å². The van der Waals surface area contributed by atoms with Gasteiger partial charge in [0.2, 0.25) is 0 Å². The molecule has 0 bridgehead atoms. The third-order valence-corrected chi connectivity index (χ3v) is 7.06. The van der Waals surface area contributed by atoms with Crippen LogP contribution in [0.3, 0.4) is 0 Å². The average molecular weight is 408 g/mol. The monoisotopic (exact) mass is 408 g/mol. The second-order valence-electron chi connectivity index (χ2n) is 8.68. The van der Waals surface area contributed by atoms with Crippen molar-refractivity contribution in [2.45, 2.75) is 31.7 Å². The van der Waals surface area contributed by atoms with Gasteiger partial charge in [0, 0.05) is 49.3 Å². The van der Waals surface area contributed by atoms with Gasteiger partial charge in [-0.05, 0) is 41.9 Å². The Morgan fingerprint density at radius 1 is 1.20 bits per heavy atom. The van der Waals surface area contributed by atoms with Gasteiger partial charge < -0.3 is 16.1 Å². The van der Waals surface area contributed by atoms with Gasteiger partial charge in [0.15, 0.2) is 0 Å². The maximum atomic E-state index is 15.0. The van der Waals surface area contributed by atoms with E-state index in [-0.39, 0.29) is 11.5 Å². The molecule has 0 amide bonds. The van der Waals surface area contributed by atoms with Crippen LogP contribution in [0.2, 0.25) is 0 Å². The lowest BCUT2D eigenvalue weighted by Gasteiger charge is -2.43. The molecule has 1 spiro atoms. The van der Waals surface area contributed by atoms with Crippen LogP contribution in [-0.4, -0.2) is 25.3 Å². The first-order chi connectivity index (χ1) is 14.5. The number of nitrogens with two attached hydrogens (primary N) is 1. The Hall–Kier alpha value is -2.73. The minimum Gasteiger partial charge on any atom is -0.369 e. The largest absolute Gasteiger partial charge is 0.369 e. The van der Waals surface area contributed by atoms with Crippen molar-refractivity contribution in [3.8, 4) is 0 Å². The number of benzene rings is 2. The van der Waals surface area contributed by atoms with E-state index >= 15 is 4.39 Å². The van der Waals surface area contributed by atoms with Crippen molar-refractivity contribution in [3.05, 3.63) is 71.3 Å². The van der Waals surface area contributed by atoms with Gasteiger partial charge >= 0.3 is 0 Å². The molecule has 1 fully saturated rings. The Bertz CT molecular complexity index is 1040. The van der Waals surface area contributed by atoms with Gasteiger partial charge in [0.1, 0.15) is 11.6 Å². The highest BCUT2D eigenvalue weighted by molar-refractivity contribution is 6.24. The summed E-state index contributed by atoms with van der Waals surface area (Å²) < 4.78 is 29.1. The second-order valence-corrected chi connectivity index (χ2v) is 8.68. The lowest BCUT2D eigenvalue weighted by Crippen LogP contribution is -2.45. The number of halogens is 2. The number of fused-ring (bicyclic) bond motifs is 1. The molecule has 2 aromatic carbocycles. The van der Waals surface area contributed by atoms with Crippen molar-refractivity contribution in [1.29, 1.82) is 0 Å². The molecule has 1 atom stereocenters. The summed E-state index contributed by atoms with van der Waals surface area (Å²) in [5.74, 6) is -1.15. The topological polar surface area (TPSA) is 53.7 Å². The molecule has 0 radical (unpaired) electrons. The van der Waals surface area contributed by atoms with Gasteiger partial charge in [0.25, 0.3) is 0 Å². The predicted molar refractivity (Wildman–Crippen MR) is 116 cm³/mol. The van der Waals surface area contributed by atoms with Crippen LogP contribution in [0.25, 0.3) is 5.57 Å². The van der Waals surface area contributed by atoms with Crippen molar-refractivity contribution < 1.29 is 8.78 Å². The molecule has 5 rings (SSSR count). The number of anilines is 1. The summed E-state index contributed by atoms with van der Waals surface area (Å²) in [5, 5.41) is 4.24. The number of allylic oxidation sites excluding steroid dienone is 1. The number of rotatable bonds is 3. The first-order valence-corrected chi connectivity index (χ1v) is 10.5. The van der Waals surface area contributed by atoms with Crippen LogP contribution in [0, 0.1) is 17.0 Å². The van der Waals surface area contributed by atoms with Crippen molar-refractivity contribution in [2.75, 3.05) is 24.5 Å². The Morgan fingerprint density at radius 2 is 1.97 bits per heavy atom. The van der Waals surface area contributed by atoms with Crippen LogP contribution in [0.5, 0.6) is 0 Å². The lowest BCUT2D eigenvalue weighted by atomic mass is 9.73. The molecule has 0 unspecified atom stereocenters. The van der Waals surface area contributed by atoms with Gasteiger partial charge in [-0.15, -0.1) is 0 Å². The number of hydrogen-bond acceptors (Lipinski definition) is 4. The van der Waals surface area contributed by atoms with Gasteiger partial charge in [-0.25, -0.2) is 8.78 Å². The predicted octanol–water partition coefficient (Wildman–Crippen LogP) is 4.17. The number of nitrogens with zero attached hydrogens (tertiary/aromatic N) is 2. The van der Waals surface area contributed by atoms with E-state index in [1.807, 2.05) is 11.0 Å². The molecule has 30 heavy (non-hydrogen) atoms. The Morgan fingerprint density at radius 3 is 2.67 bits per heavy atom. The molecule has 4 nitrogen and oxygen atoms in total. The molecule has 3 N–H and O–H groups in total. The number of hydrogen-bond donors (Lipinski definition) is 2. The summed E-state index contributed by atoms with van der Waals surface area (Å²) in [6.07, 6.45) is 3.40. The molecule has 2 heterocycles. The maximum absolute atomic E-state index is 15.0. The second kappa shape index (κ2) is 7.20. The van der Waals surface area contributed by atoms with Gasteiger partial charge in [0.05, 0.1) is 11.4 Å². The van der Waals surface area contributed by atoms with E-state index in [9.17, 15) is 4.39 Å². The molecule has 156 valence electrons. The minimum atomic E-state index is -0.597. The van der Waals surface area contributed by atoms with Crippen LogP contribution in [0.4, 0.5) is 14.5 Å². The standard InChI is InChI=1S/C24H26F2N4/c1-15(21-6-9-28-29-21)19-12-17(25)13-20(26)22(19)30-10-7-24(8-11-30)14-16-4-2-3-5-18(16)23(24)27/h2-5,12-13,23,28H,1,6-11,14,27H2/t23-/m1/s1. The molecule has 6 heteroatoms. The highest BCUT2D eigenvalue weighted by atomic mass is 19.1. The molecule has 0 aromatic heterocycles. The summed E-state index contributed by atoms with van der Waals surface area (Å²) in [7, 11) is 0. The van der Waals surface area contributed by atoms with E-state index in [0.29, 0.717) is 42.9 Å². The Labute approximate surface area is 175 Å². The summed E-state index contributed by atoms with van der Waals surface area (Å²) in [6, 6.07) is 10.7. The third kappa shape index (κ3) is 3.01. The molecule has 3 aliphatic rings. The summed E-state index contributed by atoms with van der Waals surface area (Å²) in [5.41, 5.74) is 14.4. The quantitative estimate of drug-likeness (QED) is 0.802. The fourth-order valence-electron chi connectivity index (χ4n) is 5.35. The van der Waals surface area contributed by atoms with Crippen molar-refractivity contribution in [1.82, 2.24) is 5.43 Å². The zero-order valence-corrected chi connectivity index (χ0v) is 16.9. The van der Waals surface area contributed by atoms with Gasteiger partial charge in [-0.2, -0.15) is 5.10 Å². The van der Waals surface area contributed by atoms with E-state index in [1.54, 1.807) is 0 Å². The fraction of sp³-hybridized carbons (Fsp3) is 0.375. The van der Waals surface area contributed by atoms with Crippen molar-refractivity contribution >= 4 is 17.0 Å². The van der Waals surface area contributed by atoms with Crippen molar-refractivity contribution in [3.63, 3.8) is 0 Å². The molecule has 1 saturated heterocycles. The van der Waals surface area contributed by atoms with E-state index in [0.717, 1.165) is 31.0 Å². The van der Waals surface area contributed by atoms with Gasteiger partial charge in [-0.3, -0.25) is 0 Å². The van der Waals surface area contributed by atoms with E-state index in [4.69, 9.17) is 5.73 Å². The van der Waals surface area contributed by atoms with Crippen LogP contribution in [0.15, 0.2) is 48.1 Å². The molecular formula is C24H26F2N4. The van der Waals surface area contributed by atoms with Crippen LogP contribution in [0.1, 0.15) is 42.0 Å². The summed E-state index contributed by atoms with van der Waals surface area (Å²) in [6.45, 7) is 6.17. The molecule has 2 aromatic rings. The van der Waals surface area contributed by atoms with Crippen LogP contribution < -0.4 is 16.1 Å². The smallest absolute Gasteiger partial charge is 0.150 e. The van der Waals surface area contributed by atoms with Gasteiger partial charge in [-0.1, -0.05) is 30.8 Å². The highest BCUT2D eigenvalue weighted by Crippen LogP contribution is 2.51. The lowest BCUT2D eigenvalue weighted by molar-refractivity contribution is 0.187. The number of hydrazone groups is 1. The average Bonchev–Trinajstić information content (AvgIpc) is 3.36. The Kier molecular flexibility index (Phi) is 4.62. The van der Waals surface area contributed by atoms with Crippen LogP contribution in [-0.2, 0) is 6.42 Å². The normalized spacial score (nSPS) is 22.0. The first-order valence-electron chi connectivity index (χ1n) is 10.5. The molecule has 2 aliphatic heterocycles. The van der Waals surface area contributed by atoms with E-state index < -0.39 is 11.6 Å².